The fourth-order valence-electron chi connectivity index (χ4n) is 2.20. The van der Waals surface area contributed by atoms with Gasteiger partial charge in [-0.05, 0) is 59.2 Å². The molecule has 114 valence electrons. The minimum Gasteiger partial charge on any atom is -0.365 e. The van der Waals surface area contributed by atoms with Gasteiger partial charge in [0.2, 0.25) is 0 Å². The number of nitrogens with zero attached hydrogens (tertiary/aromatic N) is 1. The molecule has 0 unspecified atom stereocenters. The maximum Gasteiger partial charge on any atom is 0.127 e. The lowest BCUT2D eigenvalue weighted by molar-refractivity contribution is 0.425. The molecule has 0 aliphatic heterocycles. The van der Waals surface area contributed by atoms with Crippen molar-refractivity contribution in [1.29, 1.82) is 0 Å². The summed E-state index contributed by atoms with van der Waals surface area (Å²) in [7, 11) is 0. The Bertz CT molecular complexity index is 618. The fraction of sp³-hybridized carbons (Fsp3) is 0.500. The van der Waals surface area contributed by atoms with Gasteiger partial charge in [0.05, 0.1) is 5.52 Å². The molecule has 0 aliphatic rings. The van der Waals surface area contributed by atoms with E-state index in [1.807, 2.05) is 6.07 Å². The molecule has 21 heavy (non-hydrogen) atoms. The van der Waals surface area contributed by atoms with Gasteiger partial charge in [0.1, 0.15) is 5.82 Å². The van der Waals surface area contributed by atoms with Crippen molar-refractivity contribution in [3.8, 4) is 0 Å². The number of para-hydroxylation sites is 1. The fourth-order valence-corrected chi connectivity index (χ4v) is 2.20. The van der Waals surface area contributed by atoms with E-state index < -0.39 is 0 Å². The van der Waals surface area contributed by atoms with Crippen molar-refractivity contribution in [2.75, 3.05) is 5.32 Å². The Kier molecular flexibility index (Phi) is 4.24. The van der Waals surface area contributed by atoms with E-state index in [-0.39, 0.29) is 11.1 Å². The first-order valence-corrected chi connectivity index (χ1v) is 7.56. The largest absolute Gasteiger partial charge is 0.365 e. The predicted octanol–water partition coefficient (Wildman–Crippen LogP) is 4.33. The summed E-state index contributed by atoms with van der Waals surface area (Å²) in [5, 5.41) is 8.25. The van der Waals surface area contributed by atoms with Gasteiger partial charge in [-0.25, -0.2) is 4.98 Å². The smallest absolute Gasteiger partial charge is 0.127 e. The molecule has 1 aromatic heterocycles. The van der Waals surface area contributed by atoms with E-state index >= 15 is 0 Å². The number of hydrogen-bond donors (Lipinski definition) is 2. The van der Waals surface area contributed by atoms with Gasteiger partial charge in [-0.2, -0.15) is 0 Å². The Labute approximate surface area is 128 Å². The van der Waals surface area contributed by atoms with Gasteiger partial charge in [-0.3, -0.25) is 0 Å². The van der Waals surface area contributed by atoms with Crippen LogP contribution in [0.1, 0.15) is 47.1 Å². The van der Waals surface area contributed by atoms with Gasteiger partial charge in [0.25, 0.3) is 0 Å². The molecule has 1 heterocycles. The number of hydrogen-bond acceptors (Lipinski definition) is 3. The monoisotopic (exact) mass is 285 g/mol. The highest BCUT2D eigenvalue weighted by Crippen LogP contribution is 2.23. The molecule has 0 saturated heterocycles. The Balaban J connectivity index is 2.40. The van der Waals surface area contributed by atoms with Gasteiger partial charge in [-0.15, -0.1) is 0 Å². The average Bonchev–Trinajstić information content (AvgIpc) is 2.33. The molecule has 0 fully saturated rings. The molecular weight excluding hydrogens is 258 g/mol. The maximum atomic E-state index is 4.73. The van der Waals surface area contributed by atoms with Crippen LogP contribution in [0.3, 0.4) is 0 Å². The first-order chi connectivity index (χ1) is 9.64. The van der Waals surface area contributed by atoms with E-state index in [1.54, 1.807) is 0 Å². The summed E-state index contributed by atoms with van der Waals surface area (Å²) in [6.45, 7) is 13.8. The highest BCUT2D eigenvalue weighted by Gasteiger charge is 2.14. The number of aromatic nitrogens is 1. The van der Waals surface area contributed by atoms with E-state index in [0.29, 0.717) is 0 Å². The van der Waals surface area contributed by atoms with Gasteiger partial charge >= 0.3 is 0 Å². The quantitative estimate of drug-likeness (QED) is 0.881. The van der Waals surface area contributed by atoms with Crippen LogP contribution >= 0.6 is 0 Å². The minimum atomic E-state index is 0.00415. The third-order valence-electron chi connectivity index (χ3n) is 3.11. The summed E-state index contributed by atoms with van der Waals surface area (Å²) in [6.07, 6.45) is 0. The first-order valence-electron chi connectivity index (χ1n) is 7.56. The Morgan fingerprint density at radius 1 is 0.952 bits per heavy atom. The second-order valence-electron chi connectivity index (χ2n) is 7.66. The number of rotatable bonds is 3. The number of nitrogens with one attached hydrogen (secondary N) is 2. The third-order valence-corrected chi connectivity index (χ3v) is 3.11. The van der Waals surface area contributed by atoms with Crippen LogP contribution in [0.15, 0.2) is 30.3 Å². The molecular formula is C18H27N3. The van der Waals surface area contributed by atoms with Gasteiger partial charge < -0.3 is 10.6 Å². The Morgan fingerprint density at radius 3 is 2.24 bits per heavy atom. The Hall–Kier alpha value is -1.61. The van der Waals surface area contributed by atoms with Crippen LogP contribution in [0.2, 0.25) is 0 Å². The minimum absolute atomic E-state index is 0.00415. The highest BCUT2D eigenvalue weighted by atomic mass is 15.0. The number of fused-ring (bicyclic) bond motifs is 1. The molecule has 2 aromatic rings. The topological polar surface area (TPSA) is 37.0 Å². The lowest BCUT2D eigenvalue weighted by Gasteiger charge is -2.24. The molecule has 2 rings (SSSR count). The second kappa shape index (κ2) is 5.64. The first kappa shape index (κ1) is 15.8. The summed E-state index contributed by atoms with van der Waals surface area (Å²) in [5.74, 6) is 0.937. The van der Waals surface area contributed by atoms with Crippen LogP contribution in [-0.4, -0.2) is 16.1 Å². The summed E-state index contributed by atoms with van der Waals surface area (Å²) in [5.41, 5.74) is 2.42. The van der Waals surface area contributed by atoms with Gasteiger partial charge in [-0.1, -0.05) is 18.2 Å². The van der Waals surface area contributed by atoms with E-state index in [4.69, 9.17) is 4.98 Å². The van der Waals surface area contributed by atoms with Crippen molar-refractivity contribution in [3.05, 3.63) is 35.9 Å². The number of pyridine rings is 1. The van der Waals surface area contributed by atoms with E-state index in [1.165, 1.54) is 10.9 Å². The van der Waals surface area contributed by atoms with E-state index in [0.717, 1.165) is 17.9 Å². The maximum absolute atomic E-state index is 4.73. The molecule has 0 spiro atoms. The van der Waals surface area contributed by atoms with E-state index in [2.05, 4.69) is 76.4 Å². The standard InChI is InChI=1S/C18H27N3/c1-17(2,3)19-12-13-11-16(21-18(4,5)6)20-15-10-8-7-9-14(13)15/h7-11,19H,12H2,1-6H3,(H,20,21). The van der Waals surface area contributed by atoms with Crippen LogP contribution in [0, 0.1) is 0 Å². The normalized spacial score (nSPS) is 12.7. The molecule has 1 aromatic carbocycles. The van der Waals surface area contributed by atoms with Crippen LogP contribution < -0.4 is 10.6 Å². The van der Waals surface area contributed by atoms with Crippen LogP contribution in [0.4, 0.5) is 5.82 Å². The van der Waals surface area contributed by atoms with Crippen molar-refractivity contribution in [3.63, 3.8) is 0 Å². The van der Waals surface area contributed by atoms with Crippen molar-refractivity contribution in [2.24, 2.45) is 0 Å². The lowest BCUT2D eigenvalue weighted by Crippen LogP contribution is -2.35. The molecule has 0 saturated carbocycles. The summed E-state index contributed by atoms with van der Waals surface area (Å²) < 4.78 is 0. The van der Waals surface area contributed by atoms with Crippen molar-refractivity contribution in [2.45, 2.75) is 59.2 Å². The zero-order valence-electron chi connectivity index (χ0n) is 14.0. The summed E-state index contributed by atoms with van der Waals surface area (Å²) in [6, 6.07) is 10.5. The zero-order valence-corrected chi connectivity index (χ0v) is 14.0. The second-order valence-corrected chi connectivity index (χ2v) is 7.66. The van der Waals surface area contributed by atoms with Crippen LogP contribution in [-0.2, 0) is 6.54 Å². The summed E-state index contributed by atoms with van der Waals surface area (Å²) in [4.78, 5) is 4.73. The number of benzene rings is 1. The molecule has 0 aliphatic carbocycles. The molecule has 0 amide bonds. The van der Waals surface area contributed by atoms with Gasteiger partial charge in [0, 0.05) is 23.0 Å². The molecule has 0 atom stereocenters. The van der Waals surface area contributed by atoms with E-state index in [9.17, 15) is 0 Å². The zero-order chi connectivity index (χ0) is 15.7. The van der Waals surface area contributed by atoms with Crippen LogP contribution in [0.25, 0.3) is 10.9 Å². The third kappa shape index (κ3) is 4.71. The SMILES string of the molecule is CC(C)(C)NCc1cc(NC(C)(C)C)nc2ccccc12. The molecule has 0 bridgehead atoms. The lowest BCUT2D eigenvalue weighted by atomic mass is 10.0. The molecule has 3 heteroatoms. The number of anilines is 1. The highest BCUT2D eigenvalue weighted by molar-refractivity contribution is 5.84. The molecule has 0 radical (unpaired) electrons. The van der Waals surface area contributed by atoms with Crippen molar-refractivity contribution < 1.29 is 0 Å². The van der Waals surface area contributed by atoms with Crippen LogP contribution in [0.5, 0.6) is 0 Å². The predicted molar refractivity (Wildman–Crippen MR) is 91.7 cm³/mol. The van der Waals surface area contributed by atoms with Gasteiger partial charge in [0.15, 0.2) is 0 Å². The van der Waals surface area contributed by atoms with Crippen molar-refractivity contribution in [1.82, 2.24) is 10.3 Å². The molecule has 2 N–H and O–H groups in total. The Morgan fingerprint density at radius 2 is 1.62 bits per heavy atom. The average molecular weight is 285 g/mol. The van der Waals surface area contributed by atoms with Crippen molar-refractivity contribution >= 4 is 16.7 Å². The molecule has 3 nitrogen and oxygen atoms in total. The summed E-state index contributed by atoms with van der Waals surface area (Å²) >= 11 is 0.